The standard InChI is InChI=1S/C12H12N2O2S2/c15-10(13-9-4-2-1-3-5-9)6-7-14-11(16)8-18-12(14)17/h1-5H,6-8H2,(H,13,15). The van der Waals surface area contributed by atoms with Crippen molar-refractivity contribution in [2.24, 2.45) is 0 Å². The first-order chi connectivity index (χ1) is 8.66. The molecule has 1 aromatic rings. The van der Waals surface area contributed by atoms with Crippen LogP contribution in [0.5, 0.6) is 0 Å². The first-order valence-corrected chi connectivity index (χ1v) is 6.88. The van der Waals surface area contributed by atoms with Crippen LogP contribution in [-0.4, -0.2) is 33.3 Å². The summed E-state index contributed by atoms with van der Waals surface area (Å²) in [6.07, 6.45) is 0.251. The fourth-order valence-corrected chi connectivity index (χ4v) is 2.68. The number of nitrogens with zero attached hydrogens (tertiary/aromatic N) is 1. The van der Waals surface area contributed by atoms with E-state index in [4.69, 9.17) is 12.2 Å². The van der Waals surface area contributed by atoms with Crippen molar-refractivity contribution >= 4 is 45.8 Å². The van der Waals surface area contributed by atoms with E-state index in [1.807, 2.05) is 30.3 Å². The normalized spacial score (nSPS) is 15.0. The maximum absolute atomic E-state index is 11.7. The van der Waals surface area contributed by atoms with Crippen LogP contribution in [0.3, 0.4) is 0 Å². The maximum atomic E-state index is 11.7. The third kappa shape index (κ3) is 3.30. The molecule has 0 aliphatic carbocycles. The molecule has 0 radical (unpaired) electrons. The fourth-order valence-electron chi connectivity index (χ4n) is 1.56. The lowest BCUT2D eigenvalue weighted by Crippen LogP contribution is -2.31. The van der Waals surface area contributed by atoms with Crippen molar-refractivity contribution < 1.29 is 9.59 Å². The highest BCUT2D eigenvalue weighted by Gasteiger charge is 2.26. The van der Waals surface area contributed by atoms with Crippen molar-refractivity contribution in [3.63, 3.8) is 0 Å². The van der Waals surface area contributed by atoms with E-state index in [1.165, 1.54) is 16.7 Å². The second-order valence-corrected chi connectivity index (χ2v) is 5.37. The number of carbonyl (C=O) groups is 2. The molecule has 2 rings (SSSR count). The number of hydrogen-bond donors (Lipinski definition) is 1. The van der Waals surface area contributed by atoms with Crippen LogP contribution in [0.15, 0.2) is 30.3 Å². The summed E-state index contributed by atoms with van der Waals surface area (Å²) in [5, 5.41) is 2.77. The van der Waals surface area contributed by atoms with Crippen LogP contribution in [0.2, 0.25) is 0 Å². The number of carbonyl (C=O) groups excluding carboxylic acids is 2. The average molecular weight is 280 g/mol. The number of amides is 2. The van der Waals surface area contributed by atoms with Gasteiger partial charge in [0.15, 0.2) is 0 Å². The van der Waals surface area contributed by atoms with Gasteiger partial charge in [-0.2, -0.15) is 0 Å². The molecule has 94 valence electrons. The van der Waals surface area contributed by atoms with Crippen LogP contribution in [-0.2, 0) is 9.59 Å². The number of benzene rings is 1. The van der Waals surface area contributed by atoms with E-state index in [9.17, 15) is 9.59 Å². The van der Waals surface area contributed by atoms with Crippen LogP contribution >= 0.6 is 24.0 Å². The lowest BCUT2D eigenvalue weighted by Gasteiger charge is -2.14. The molecular formula is C12H12N2O2S2. The molecule has 4 nitrogen and oxygen atoms in total. The Kier molecular flexibility index (Phi) is 4.33. The molecule has 2 amide bonds. The van der Waals surface area contributed by atoms with E-state index in [0.717, 1.165) is 5.69 Å². The molecule has 1 heterocycles. The van der Waals surface area contributed by atoms with Gasteiger partial charge in [0.2, 0.25) is 11.8 Å². The molecule has 0 saturated carbocycles. The van der Waals surface area contributed by atoms with Gasteiger partial charge in [-0.05, 0) is 12.1 Å². The molecule has 1 saturated heterocycles. The summed E-state index contributed by atoms with van der Waals surface area (Å²) in [4.78, 5) is 24.6. The predicted molar refractivity (Wildman–Crippen MR) is 76.5 cm³/mol. The van der Waals surface area contributed by atoms with E-state index >= 15 is 0 Å². The Morgan fingerprint density at radius 2 is 2.11 bits per heavy atom. The van der Waals surface area contributed by atoms with Crippen molar-refractivity contribution in [2.75, 3.05) is 17.6 Å². The Morgan fingerprint density at radius 1 is 1.39 bits per heavy atom. The Morgan fingerprint density at radius 3 is 2.72 bits per heavy atom. The Bertz CT molecular complexity index is 460. The van der Waals surface area contributed by atoms with Gasteiger partial charge in [0, 0.05) is 18.7 Å². The van der Waals surface area contributed by atoms with Crippen LogP contribution in [0.1, 0.15) is 6.42 Å². The average Bonchev–Trinajstić information content (AvgIpc) is 2.68. The van der Waals surface area contributed by atoms with Crippen molar-refractivity contribution in [3.8, 4) is 0 Å². The quantitative estimate of drug-likeness (QED) is 0.856. The molecule has 0 unspecified atom stereocenters. The van der Waals surface area contributed by atoms with Crippen LogP contribution in [0.4, 0.5) is 5.69 Å². The van der Waals surface area contributed by atoms with E-state index in [2.05, 4.69) is 5.32 Å². The molecule has 0 spiro atoms. The number of thiocarbonyl (C=S) groups is 1. The lowest BCUT2D eigenvalue weighted by atomic mass is 10.3. The zero-order chi connectivity index (χ0) is 13.0. The van der Waals surface area contributed by atoms with Crippen LogP contribution in [0.25, 0.3) is 0 Å². The summed E-state index contributed by atoms with van der Waals surface area (Å²) in [5.74, 6) is 0.255. The minimum Gasteiger partial charge on any atom is -0.326 e. The highest BCUT2D eigenvalue weighted by Crippen LogP contribution is 2.19. The SMILES string of the molecule is O=C(CCN1C(=O)CSC1=S)Nc1ccccc1. The van der Waals surface area contributed by atoms with Gasteiger partial charge in [-0.3, -0.25) is 14.5 Å². The molecular weight excluding hydrogens is 268 g/mol. The summed E-state index contributed by atoms with van der Waals surface area (Å²) in [6.45, 7) is 0.351. The minimum atomic E-state index is -0.117. The second kappa shape index (κ2) is 5.97. The van der Waals surface area contributed by atoms with Crippen LogP contribution < -0.4 is 5.32 Å². The first kappa shape index (κ1) is 13.0. The number of anilines is 1. The predicted octanol–water partition coefficient (Wildman–Crippen LogP) is 1.88. The largest absolute Gasteiger partial charge is 0.326 e. The smallest absolute Gasteiger partial charge is 0.238 e. The van der Waals surface area contributed by atoms with E-state index in [-0.39, 0.29) is 18.2 Å². The molecule has 1 aliphatic rings. The summed E-state index contributed by atoms with van der Waals surface area (Å²) in [7, 11) is 0. The summed E-state index contributed by atoms with van der Waals surface area (Å²) >= 11 is 6.38. The summed E-state index contributed by atoms with van der Waals surface area (Å²) in [5.41, 5.74) is 0.757. The number of para-hydroxylation sites is 1. The van der Waals surface area contributed by atoms with Gasteiger partial charge in [0.05, 0.1) is 5.75 Å². The number of thioether (sulfide) groups is 1. The molecule has 0 atom stereocenters. The van der Waals surface area contributed by atoms with Gasteiger partial charge in [0.25, 0.3) is 0 Å². The van der Waals surface area contributed by atoms with E-state index in [1.54, 1.807) is 0 Å². The Hall–Kier alpha value is -1.40. The molecule has 1 fully saturated rings. The van der Waals surface area contributed by atoms with Crippen molar-refractivity contribution in [2.45, 2.75) is 6.42 Å². The minimum absolute atomic E-state index is 0.0162. The molecule has 1 aromatic carbocycles. The van der Waals surface area contributed by atoms with Gasteiger partial charge in [-0.1, -0.05) is 42.2 Å². The topological polar surface area (TPSA) is 49.4 Å². The molecule has 1 aliphatic heterocycles. The zero-order valence-corrected chi connectivity index (χ0v) is 11.2. The van der Waals surface area contributed by atoms with Crippen molar-refractivity contribution in [1.29, 1.82) is 0 Å². The second-order valence-electron chi connectivity index (χ2n) is 3.76. The van der Waals surface area contributed by atoms with E-state index < -0.39 is 0 Å². The third-order valence-corrected chi connectivity index (χ3v) is 3.89. The monoisotopic (exact) mass is 280 g/mol. The third-order valence-electron chi connectivity index (χ3n) is 2.46. The summed E-state index contributed by atoms with van der Waals surface area (Å²) in [6, 6.07) is 9.23. The van der Waals surface area contributed by atoms with Crippen molar-refractivity contribution in [3.05, 3.63) is 30.3 Å². The number of nitrogens with one attached hydrogen (secondary N) is 1. The maximum Gasteiger partial charge on any atom is 0.238 e. The van der Waals surface area contributed by atoms with Gasteiger partial charge in [-0.25, -0.2) is 0 Å². The zero-order valence-electron chi connectivity index (χ0n) is 9.59. The van der Waals surface area contributed by atoms with Crippen LogP contribution in [0, 0.1) is 0 Å². The molecule has 0 bridgehead atoms. The Labute approximate surface area is 115 Å². The van der Waals surface area contributed by atoms with Gasteiger partial charge < -0.3 is 5.32 Å². The fraction of sp³-hybridized carbons (Fsp3) is 0.250. The van der Waals surface area contributed by atoms with Gasteiger partial charge in [-0.15, -0.1) is 0 Å². The molecule has 0 aromatic heterocycles. The number of rotatable bonds is 4. The Balaban J connectivity index is 1.82. The molecule has 18 heavy (non-hydrogen) atoms. The first-order valence-electron chi connectivity index (χ1n) is 5.49. The molecule has 1 N–H and O–H groups in total. The van der Waals surface area contributed by atoms with Gasteiger partial charge in [0.1, 0.15) is 4.32 Å². The number of hydrogen-bond acceptors (Lipinski definition) is 4. The lowest BCUT2D eigenvalue weighted by molar-refractivity contribution is -0.124. The molecule has 6 heteroatoms. The van der Waals surface area contributed by atoms with Gasteiger partial charge >= 0.3 is 0 Å². The van der Waals surface area contributed by atoms with Crippen molar-refractivity contribution in [1.82, 2.24) is 4.90 Å². The van der Waals surface area contributed by atoms with E-state index in [0.29, 0.717) is 16.6 Å². The highest BCUT2D eigenvalue weighted by atomic mass is 32.2. The highest BCUT2D eigenvalue weighted by molar-refractivity contribution is 8.23. The summed E-state index contributed by atoms with van der Waals surface area (Å²) < 4.78 is 0.563.